The van der Waals surface area contributed by atoms with Crippen LogP contribution in [0.2, 0.25) is 10.0 Å². The Hall–Kier alpha value is -1.18. The van der Waals surface area contributed by atoms with Gasteiger partial charge in [-0.2, -0.15) is 0 Å². The van der Waals surface area contributed by atoms with Gasteiger partial charge in [-0.15, -0.1) is 0 Å². The molecule has 1 radical (unpaired) electrons. The molecule has 0 unspecified atom stereocenters. The van der Waals surface area contributed by atoms with Crippen LogP contribution in [0.1, 0.15) is 0 Å². The molecule has 0 aliphatic carbocycles. The summed E-state index contributed by atoms with van der Waals surface area (Å²) in [5.74, 6) is 1.28. The average molecular weight is 238 g/mol. The molecule has 2 rings (SSSR count). The fourth-order valence-electron chi connectivity index (χ4n) is 1.13. The summed E-state index contributed by atoms with van der Waals surface area (Å²) < 4.78 is 5.54. The summed E-state index contributed by atoms with van der Waals surface area (Å²) in [5, 5.41) is 1.08. The Morgan fingerprint density at radius 3 is 2.67 bits per heavy atom. The molecule has 0 atom stereocenters. The minimum atomic E-state index is 0.492. The van der Waals surface area contributed by atoms with Crippen LogP contribution in [-0.2, 0) is 0 Å². The number of benzene rings is 2. The van der Waals surface area contributed by atoms with Gasteiger partial charge in [0.15, 0.2) is 0 Å². The van der Waals surface area contributed by atoms with E-state index < -0.39 is 0 Å². The fourth-order valence-corrected chi connectivity index (χ4v) is 1.57. The van der Waals surface area contributed by atoms with Crippen molar-refractivity contribution in [3.05, 3.63) is 58.6 Å². The summed E-state index contributed by atoms with van der Waals surface area (Å²) in [4.78, 5) is 0. The van der Waals surface area contributed by atoms with Crippen LogP contribution in [0.25, 0.3) is 0 Å². The van der Waals surface area contributed by atoms with E-state index in [0.29, 0.717) is 21.5 Å². The number of hydrogen-bond acceptors (Lipinski definition) is 1. The first kappa shape index (κ1) is 10.3. The number of hydrogen-bond donors (Lipinski definition) is 0. The van der Waals surface area contributed by atoms with Gasteiger partial charge in [-0.1, -0.05) is 35.3 Å². The second kappa shape index (κ2) is 4.56. The molecule has 0 fully saturated rings. The van der Waals surface area contributed by atoms with Crippen LogP contribution >= 0.6 is 23.2 Å². The Bertz CT molecular complexity index is 454. The van der Waals surface area contributed by atoms with Crippen molar-refractivity contribution < 1.29 is 4.74 Å². The highest BCUT2D eigenvalue weighted by Gasteiger charge is 2.02. The summed E-state index contributed by atoms with van der Waals surface area (Å²) in [7, 11) is 0. The molecule has 3 heteroatoms. The molecule has 2 aromatic rings. The highest BCUT2D eigenvalue weighted by molar-refractivity contribution is 6.35. The second-order valence-corrected chi connectivity index (χ2v) is 3.76. The van der Waals surface area contributed by atoms with E-state index >= 15 is 0 Å². The molecular weight excluding hydrogens is 231 g/mol. The number of ether oxygens (including phenoxy) is 1. The lowest BCUT2D eigenvalue weighted by atomic mass is 10.3. The molecule has 1 nitrogen and oxygen atoms in total. The maximum absolute atomic E-state index is 5.96. The van der Waals surface area contributed by atoms with Crippen molar-refractivity contribution in [2.24, 2.45) is 0 Å². The summed E-state index contributed by atoms with van der Waals surface area (Å²) in [6, 6.07) is 15.3. The van der Waals surface area contributed by atoms with Crippen LogP contribution < -0.4 is 4.74 Å². The van der Waals surface area contributed by atoms with E-state index in [1.807, 2.05) is 12.1 Å². The average Bonchev–Trinajstić information content (AvgIpc) is 2.24. The van der Waals surface area contributed by atoms with Crippen LogP contribution in [0.4, 0.5) is 0 Å². The van der Waals surface area contributed by atoms with Gasteiger partial charge >= 0.3 is 0 Å². The predicted molar refractivity (Wildman–Crippen MR) is 61.8 cm³/mol. The Labute approximate surface area is 98.2 Å². The van der Waals surface area contributed by atoms with Crippen LogP contribution in [0.3, 0.4) is 0 Å². The second-order valence-electron chi connectivity index (χ2n) is 2.92. The van der Waals surface area contributed by atoms with Gasteiger partial charge in [-0.25, -0.2) is 0 Å². The van der Waals surface area contributed by atoms with Crippen molar-refractivity contribution in [1.82, 2.24) is 0 Å². The van der Waals surface area contributed by atoms with Gasteiger partial charge in [0.25, 0.3) is 0 Å². The molecule has 75 valence electrons. The van der Waals surface area contributed by atoms with Gasteiger partial charge < -0.3 is 4.74 Å². The maximum atomic E-state index is 5.96. The molecule has 0 aromatic heterocycles. The summed E-state index contributed by atoms with van der Waals surface area (Å²) >= 11 is 11.7. The normalized spacial score (nSPS) is 10.0. The smallest absolute Gasteiger partial charge is 0.146 e. The molecule has 0 spiro atoms. The third-order valence-corrected chi connectivity index (χ3v) is 2.33. The molecular formula is C12H7Cl2O. The monoisotopic (exact) mass is 237 g/mol. The Morgan fingerprint density at radius 2 is 2.00 bits per heavy atom. The van der Waals surface area contributed by atoms with Crippen LogP contribution in [0.5, 0.6) is 11.5 Å². The third-order valence-electron chi connectivity index (χ3n) is 1.80. The minimum Gasteiger partial charge on any atom is -0.456 e. The Balaban J connectivity index is 2.25. The Morgan fingerprint density at radius 1 is 1.13 bits per heavy atom. The first-order valence-corrected chi connectivity index (χ1v) is 5.10. The molecule has 0 bridgehead atoms. The van der Waals surface area contributed by atoms with E-state index in [1.54, 1.807) is 30.3 Å². The van der Waals surface area contributed by atoms with Crippen molar-refractivity contribution in [2.75, 3.05) is 0 Å². The van der Waals surface area contributed by atoms with Crippen molar-refractivity contribution in [2.45, 2.75) is 0 Å². The van der Waals surface area contributed by atoms with Gasteiger partial charge in [-0.3, -0.25) is 0 Å². The molecule has 15 heavy (non-hydrogen) atoms. The first-order chi connectivity index (χ1) is 7.25. The SMILES string of the molecule is Clc1ccc(Oc2c[c]ccc2)c(Cl)c1. The van der Waals surface area contributed by atoms with Gasteiger partial charge in [0.1, 0.15) is 11.5 Å². The van der Waals surface area contributed by atoms with E-state index in [2.05, 4.69) is 6.07 Å². The predicted octanol–water partition coefficient (Wildman–Crippen LogP) is 4.59. The lowest BCUT2D eigenvalue weighted by Gasteiger charge is -2.06. The number of rotatable bonds is 2. The zero-order valence-corrected chi connectivity index (χ0v) is 9.22. The summed E-state index contributed by atoms with van der Waals surface area (Å²) in [6.45, 7) is 0. The molecule has 0 aliphatic heterocycles. The largest absolute Gasteiger partial charge is 0.456 e. The molecule has 0 saturated carbocycles. The Kier molecular flexibility index (Phi) is 3.14. The quantitative estimate of drug-likeness (QED) is 0.743. The summed E-state index contributed by atoms with van der Waals surface area (Å²) in [6.07, 6.45) is 0. The standard InChI is InChI=1S/C12H7Cl2O/c13-9-6-7-12(11(14)8-9)15-10-4-2-1-3-5-10/h1-2,4-8H. The first-order valence-electron chi connectivity index (χ1n) is 4.35. The van der Waals surface area contributed by atoms with Crippen molar-refractivity contribution in [3.8, 4) is 11.5 Å². The molecule has 0 N–H and O–H groups in total. The minimum absolute atomic E-state index is 0.492. The lowest BCUT2D eigenvalue weighted by molar-refractivity contribution is 0.483. The summed E-state index contributed by atoms with van der Waals surface area (Å²) in [5.41, 5.74) is 0. The van der Waals surface area contributed by atoms with Crippen LogP contribution in [-0.4, -0.2) is 0 Å². The van der Waals surface area contributed by atoms with E-state index in [4.69, 9.17) is 27.9 Å². The molecule has 0 aliphatic rings. The lowest BCUT2D eigenvalue weighted by Crippen LogP contribution is -1.84. The highest BCUT2D eigenvalue weighted by atomic mass is 35.5. The van der Waals surface area contributed by atoms with Crippen LogP contribution in [0.15, 0.2) is 42.5 Å². The zero-order chi connectivity index (χ0) is 10.7. The van der Waals surface area contributed by atoms with Crippen LogP contribution in [0, 0.1) is 6.07 Å². The molecule has 0 amide bonds. The van der Waals surface area contributed by atoms with Gasteiger partial charge in [0, 0.05) is 5.02 Å². The van der Waals surface area contributed by atoms with Gasteiger partial charge in [0.2, 0.25) is 0 Å². The van der Waals surface area contributed by atoms with Crippen molar-refractivity contribution >= 4 is 23.2 Å². The van der Waals surface area contributed by atoms with Crippen molar-refractivity contribution in [3.63, 3.8) is 0 Å². The fraction of sp³-hybridized carbons (Fsp3) is 0. The number of halogens is 2. The highest BCUT2D eigenvalue weighted by Crippen LogP contribution is 2.31. The van der Waals surface area contributed by atoms with Crippen molar-refractivity contribution in [1.29, 1.82) is 0 Å². The maximum Gasteiger partial charge on any atom is 0.146 e. The van der Waals surface area contributed by atoms with E-state index in [1.165, 1.54) is 0 Å². The van der Waals surface area contributed by atoms with E-state index in [-0.39, 0.29) is 0 Å². The van der Waals surface area contributed by atoms with Gasteiger partial charge in [-0.05, 0) is 36.4 Å². The zero-order valence-electron chi connectivity index (χ0n) is 7.71. The third kappa shape index (κ3) is 2.65. The molecule has 2 aromatic carbocycles. The topological polar surface area (TPSA) is 9.23 Å². The van der Waals surface area contributed by atoms with Gasteiger partial charge in [0.05, 0.1) is 5.02 Å². The van der Waals surface area contributed by atoms with E-state index in [9.17, 15) is 0 Å². The molecule has 0 saturated heterocycles. The van der Waals surface area contributed by atoms with E-state index in [0.717, 1.165) is 0 Å². The molecule has 0 heterocycles.